The Morgan fingerprint density at radius 3 is 1.05 bits per heavy atom. The van der Waals surface area contributed by atoms with Crippen LogP contribution in [0.3, 0.4) is 0 Å². The van der Waals surface area contributed by atoms with Crippen molar-refractivity contribution in [2.45, 2.75) is 206 Å². The van der Waals surface area contributed by atoms with Crippen molar-refractivity contribution in [1.82, 2.24) is 5.32 Å². The van der Waals surface area contributed by atoms with Crippen molar-refractivity contribution < 1.29 is 5.11 Å². The van der Waals surface area contributed by atoms with Gasteiger partial charge in [-0.25, -0.2) is 0 Å². The summed E-state index contributed by atoms with van der Waals surface area (Å²) in [7, 11) is 0. The zero-order valence-electron chi connectivity index (χ0n) is 26.2. The lowest BCUT2D eigenvalue weighted by Crippen LogP contribution is -2.36. The van der Waals surface area contributed by atoms with Crippen molar-refractivity contribution in [3.05, 3.63) is 4.91 Å². The van der Waals surface area contributed by atoms with Crippen LogP contribution in [0.1, 0.15) is 194 Å². The largest absolute Gasteiger partial charge is 0.394 e. The van der Waals surface area contributed by atoms with E-state index >= 15 is 0 Å². The molecule has 0 spiro atoms. The quantitative estimate of drug-likeness (QED) is 0.0645. The van der Waals surface area contributed by atoms with Crippen LogP contribution in [0, 0.1) is 4.91 Å². The van der Waals surface area contributed by atoms with Crippen molar-refractivity contribution in [2.24, 2.45) is 5.18 Å². The molecule has 4 heteroatoms. The maximum Gasteiger partial charge on any atom is 0.127 e. The molecule has 0 amide bonds. The smallest absolute Gasteiger partial charge is 0.127 e. The third kappa shape index (κ3) is 28.5. The number of hydrogen-bond donors (Lipinski definition) is 2. The predicted octanol–water partition coefficient (Wildman–Crippen LogP) is 11.0. The van der Waals surface area contributed by atoms with E-state index in [4.69, 9.17) is 0 Å². The van der Waals surface area contributed by atoms with E-state index in [2.05, 4.69) is 24.3 Å². The molecular weight excluding hydrogens is 468 g/mol. The number of unbranched alkanes of at least 4 members (excludes halogenated alkanes) is 24. The molecule has 0 aliphatic heterocycles. The van der Waals surface area contributed by atoms with Crippen molar-refractivity contribution in [3.63, 3.8) is 0 Å². The summed E-state index contributed by atoms with van der Waals surface area (Å²) in [6.45, 7) is 4.94. The number of nitrogens with one attached hydrogen (secondary N) is 1. The topological polar surface area (TPSA) is 61.7 Å². The van der Waals surface area contributed by atoms with E-state index in [1.807, 2.05) is 0 Å². The number of nitrogens with zero attached hydrogens (tertiary/aromatic N) is 1. The van der Waals surface area contributed by atoms with Crippen molar-refractivity contribution in [2.75, 3.05) is 13.2 Å². The van der Waals surface area contributed by atoms with E-state index in [1.54, 1.807) is 0 Å². The van der Waals surface area contributed by atoms with Gasteiger partial charge in [-0.15, -0.1) is 0 Å². The minimum atomic E-state index is -0.504. The van der Waals surface area contributed by atoms with E-state index in [9.17, 15) is 10.0 Å². The highest BCUT2D eigenvalue weighted by atomic mass is 16.3. The second kappa shape index (κ2) is 32.7. The fraction of sp³-hybridized carbons (Fsp3) is 1.00. The SMILES string of the molecule is CCCCCCCCCCCCCCCC(CCCCCCCCCCCCCCC)NCC(CO)N=O. The number of hydrogen-bond acceptors (Lipinski definition) is 4. The third-order valence-corrected chi connectivity index (χ3v) is 8.31. The average molecular weight is 539 g/mol. The molecule has 0 fully saturated rings. The van der Waals surface area contributed by atoms with Crippen LogP contribution in [0.25, 0.3) is 0 Å². The molecule has 0 aromatic rings. The number of rotatable bonds is 33. The monoisotopic (exact) mass is 539 g/mol. The fourth-order valence-corrected chi connectivity index (χ4v) is 5.60. The zero-order chi connectivity index (χ0) is 27.8. The Morgan fingerprint density at radius 2 is 0.789 bits per heavy atom. The van der Waals surface area contributed by atoms with Gasteiger partial charge in [-0.2, -0.15) is 4.91 Å². The van der Waals surface area contributed by atoms with E-state index < -0.39 is 6.04 Å². The second-order valence-electron chi connectivity index (χ2n) is 12.1. The highest BCUT2D eigenvalue weighted by Gasteiger charge is 2.12. The molecule has 228 valence electrons. The Labute approximate surface area is 239 Å². The predicted molar refractivity (Wildman–Crippen MR) is 169 cm³/mol. The normalized spacial score (nSPS) is 12.4. The molecule has 0 heterocycles. The Morgan fingerprint density at radius 1 is 0.500 bits per heavy atom. The molecule has 0 radical (unpaired) electrons. The van der Waals surface area contributed by atoms with E-state index in [0.717, 1.165) is 0 Å². The molecule has 0 rings (SSSR count). The van der Waals surface area contributed by atoms with Gasteiger partial charge in [0.1, 0.15) is 6.04 Å². The molecule has 0 aliphatic carbocycles. The summed E-state index contributed by atoms with van der Waals surface area (Å²) in [5, 5.41) is 15.9. The fourth-order valence-electron chi connectivity index (χ4n) is 5.60. The molecule has 0 aliphatic rings. The van der Waals surface area contributed by atoms with Crippen molar-refractivity contribution >= 4 is 0 Å². The van der Waals surface area contributed by atoms with E-state index in [-0.39, 0.29) is 6.61 Å². The molecule has 0 aromatic carbocycles. The summed E-state index contributed by atoms with van der Waals surface area (Å²) in [4.78, 5) is 10.9. The first-order valence-electron chi connectivity index (χ1n) is 17.4. The maximum atomic E-state index is 10.9. The lowest BCUT2D eigenvalue weighted by atomic mass is 9.99. The Kier molecular flexibility index (Phi) is 32.3. The van der Waals surface area contributed by atoms with Gasteiger partial charge in [0.15, 0.2) is 0 Å². The number of aliphatic hydroxyl groups excluding tert-OH is 1. The first kappa shape index (κ1) is 37.5. The molecule has 4 nitrogen and oxygen atoms in total. The van der Waals surface area contributed by atoms with E-state index in [1.165, 1.54) is 180 Å². The summed E-state index contributed by atoms with van der Waals surface area (Å²) in [5.41, 5.74) is 0. The number of aliphatic hydroxyl groups is 1. The Balaban J connectivity index is 3.78. The van der Waals surface area contributed by atoms with E-state index in [0.29, 0.717) is 12.6 Å². The minimum Gasteiger partial charge on any atom is -0.394 e. The van der Waals surface area contributed by atoms with Gasteiger partial charge in [0.2, 0.25) is 0 Å². The van der Waals surface area contributed by atoms with Gasteiger partial charge < -0.3 is 10.4 Å². The van der Waals surface area contributed by atoms with Crippen LogP contribution in [-0.2, 0) is 0 Å². The van der Waals surface area contributed by atoms with Crippen molar-refractivity contribution in [3.8, 4) is 0 Å². The van der Waals surface area contributed by atoms with Gasteiger partial charge in [-0.05, 0) is 12.8 Å². The molecule has 0 saturated carbocycles. The van der Waals surface area contributed by atoms with Gasteiger partial charge in [0, 0.05) is 12.6 Å². The van der Waals surface area contributed by atoms with Crippen molar-refractivity contribution in [1.29, 1.82) is 0 Å². The first-order chi connectivity index (χ1) is 18.8. The summed E-state index contributed by atoms with van der Waals surface area (Å²) < 4.78 is 0. The van der Waals surface area contributed by atoms with Gasteiger partial charge in [-0.3, -0.25) is 0 Å². The molecular formula is C34H70N2O2. The summed E-state index contributed by atoms with van der Waals surface area (Å²) >= 11 is 0. The van der Waals surface area contributed by atoms with Crippen LogP contribution in [0.2, 0.25) is 0 Å². The van der Waals surface area contributed by atoms with Gasteiger partial charge in [-0.1, -0.05) is 186 Å². The first-order valence-corrected chi connectivity index (χ1v) is 17.4. The maximum absolute atomic E-state index is 10.9. The summed E-state index contributed by atoms with van der Waals surface area (Å²) in [6.07, 6.45) is 38.5. The lowest BCUT2D eigenvalue weighted by Gasteiger charge is -2.20. The van der Waals surface area contributed by atoms with Crippen LogP contribution in [0.4, 0.5) is 0 Å². The third-order valence-electron chi connectivity index (χ3n) is 8.31. The van der Waals surface area contributed by atoms with Crippen LogP contribution in [0.15, 0.2) is 5.18 Å². The van der Waals surface area contributed by atoms with Crippen LogP contribution >= 0.6 is 0 Å². The lowest BCUT2D eigenvalue weighted by molar-refractivity contribution is 0.256. The molecule has 0 bridgehead atoms. The zero-order valence-corrected chi connectivity index (χ0v) is 26.2. The average Bonchev–Trinajstić information content (AvgIpc) is 2.93. The van der Waals surface area contributed by atoms with Crippen LogP contribution in [-0.4, -0.2) is 30.3 Å². The highest BCUT2D eigenvalue weighted by Crippen LogP contribution is 2.17. The summed E-state index contributed by atoms with van der Waals surface area (Å²) in [5.74, 6) is 0. The Bertz CT molecular complexity index is 416. The van der Waals surface area contributed by atoms with Gasteiger partial charge in [0.25, 0.3) is 0 Å². The molecule has 1 unspecified atom stereocenters. The number of nitroso groups, excluding NO2 is 1. The Hall–Kier alpha value is -0.480. The summed E-state index contributed by atoms with van der Waals surface area (Å²) in [6, 6.07) is -0.0398. The molecule has 0 saturated heterocycles. The molecule has 38 heavy (non-hydrogen) atoms. The van der Waals surface area contributed by atoms with Crippen LogP contribution in [0.5, 0.6) is 0 Å². The molecule has 2 N–H and O–H groups in total. The molecule has 1 atom stereocenters. The molecule has 0 aromatic heterocycles. The van der Waals surface area contributed by atoms with Gasteiger partial charge >= 0.3 is 0 Å². The highest BCUT2D eigenvalue weighted by molar-refractivity contribution is 4.73. The standard InChI is InChI=1S/C34H70N2O2/c1-3-5-7-9-11-13-15-17-19-21-23-25-27-29-33(35-31-34(32-37)36-38)30-28-26-24-22-20-18-16-14-12-10-8-6-4-2/h33-35,37H,3-32H2,1-2H3. The van der Waals surface area contributed by atoms with Crippen LogP contribution < -0.4 is 5.32 Å². The van der Waals surface area contributed by atoms with Gasteiger partial charge in [0.05, 0.1) is 6.61 Å². The minimum absolute atomic E-state index is 0.152. The second-order valence-corrected chi connectivity index (χ2v) is 12.1.